The Morgan fingerprint density at radius 3 is 2.65 bits per heavy atom. The van der Waals surface area contributed by atoms with Crippen LogP contribution in [0.2, 0.25) is 0 Å². The van der Waals surface area contributed by atoms with E-state index in [1.165, 1.54) is 44.2 Å². The number of aromatic nitrogens is 2. The summed E-state index contributed by atoms with van der Waals surface area (Å²) in [7, 11) is 0. The third-order valence-corrected chi connectivity index (χ3v) is 4.08. The van der Waals surface area contributed by atoms with E-state index in [1.54, 1.807) is 0 Å². The highest BCUT2D eigenvalue weighted by Crippen LogP contribution is 2.41. The van der Waals surface area contributed by atoms with Crippen molar-refractivity contribution in [2.24, 2.45) is 5.92 Å². The van der Waals surface area contributed by atoms with Crippen molar-refractivity contribution in [2.45, 2.75) is 57.3 Å². The zero-order valence-corrected chi connectivity index (χ0v) is 10.5. The summed E-state index contributed by atoms with van der Waals surface area (Å²) in [6.45, 7) is 2.33. The first kappa shape index (κ1) is 11.0. The van der Waals surface area contributed by atoms with E-state index in [0.29, 0.717) is 17.7 Å². The molecule has 2 aliphatic carbocycles. The average molecular weight is 231 g/mol. The third-order valence-electron chi connectivity index (χ3n) is 4.08. The van der Waals surface area contributed by atoms with Crippen LogP contribution in [-0.2, 0) is 0 Å². The Balaban J connectivity index is 1.85. The second-order valence-electron chi connectivity index (χ2n) is 5.82. The molecule has 3 nitrogen and oxygen atoms in total. The van der Waals surface area contributed by atoms with Gasteiger partial charge >= 0.3 is 0 Å². The highest BCUT2D eigenvalue weighted by molar-refractivity contribution is 5.33. The Morgan fingerprint density at radius 2 is 1.94 bits per heavy atom. The van der Waals surface area contributed by atoms with Crippen molar-refractivity contribution in [1.82, 2.24) is 9.97 Å². The first-order chi connectivity index (χ1) is 8.22. The van der Waals surface area contributed by atoms with Gasteiger partial charge in [0.05, 0.1) is 0 Å². The fraction of sp³-hybridized carbons (Fsp3) is 0.714. The Morgan fingerprint density at radius 1 is 1.12 bits per heavy atom. The van der Waals surface area contributed by atoms with Gasteiger partial charge in [-0.25, -0.2) is 9.97 Å². The fourth-order valence-corrected chi connectivity index (χ4v) is 2.95. The van der Waals surface area contributed by atoms with E-state index in [2.05, 4.69) is 11.9 Å². The van der Waals surface area contributed by atoms with Crippen molar-refractivity contribution in [3.8, 4) is 0 Å². The van der Waals surface area contributed by atoms with Crippen molar-refractivity contribution < 1.29 is 0 Å². The summed E-state index contributed by atoms with van der Waals surface area (Å²) < 4.78 is 0. The lowest BCUT2D eigenvalue weighted by atomic mass is 9.82. The van der Waals surface area contributed by atoms with Crippen LogP contribution in [0.25, 0.3) is 0 Å². The molecule has 0 saturated heterocycles. The molecule has 2 unspecified atom stereocenters. The van der Waals surface area contributed by atoms with E-state index in [1.807, 2.05) is 6.07 Å². The number of nitrogen functional groups attached to an aromatic ring is 1. The number of hydrogen-bond acceptors (Lipinski definition) is 3. The van der Waals surface area contributed by atoms with Gasteiger partial charge in [-0.05, 0) is 31.6 Å². The second-order valence-corrected chi connectivity index (χ2v) is 5.82. The molecule has 1 aromatic heterocycles. The molecule has 1 aromatic rings. The predicted octanol–water partition coefficient (Wildman–Crippen LogP) is 3.23. The van der Waals surface area contributed by atoms with Gasteiger partial charge in [-0.3, -0.25) is 0 Å². The summed E-state index contributed by atoms with van der Waals surface area (Å²) >= 11 is 0. The van der Waals surface area contributed by atoms with Crippen molar-refractivity contribution >= 4 is 5.82 Å². The number of nitrogens with two attached hydrogens (primary N) is 1. The van der Waals surface area contributed by atoms with Crippen molar-refractivity contribution in [1.29, 1.82) is 0 Å². The molecule has 0 aliphatic heterocycles. The molecular weight excluding hydrogens is 210 g/mol. The molecule has 2 saturated carbocycles. The van der Waals surface area contributed by atoms with Crippen LogP contribution in [0, 0.1) is 5.92 Å². The molecule has 0 aromatic carbocycles. The maximum atomic E-state index is 5.92. The minimum atomic E-state index is 0.541. The molecule has 2 atom stereocenters. The normalized spacial score (nSPS) is 29.2. The fourth-order valence-electron chi connectivity index (χ4n) is 2.95. The molecule has 92 valence electrons. The Labute approximate surface area is 103 Å². The first-order valence-electron chi connectivity index (χ1n) is 6.86. The van der Waals surface area contributed by atoms with E-state index >= 15 is 0 Å². The molecule has 2 aliphatic rings. The second kappa shape index (κ2) is 4.28. The Bertz CT molecular complexity index is 412. The van der Waals surface area contributed by atoms with E-state index in [4.69, 9.17) is 10.7 Å². The monoisotopic (exact) mass is 231 g/mol. The maximum Gasteiger partial charge on any atom is 0.134 e. The summed E-state index contributed by atoms with van der Waals surface area (Å²) in [6.07, 6.45) is 7.68. The van der Waals surface area contributed by atoms with Gasteiger partial charge in [0.15, 0.2) is 0 Å². The van der Waals surface area contributed by atoms with Gasteiger partial charge in [0.25, 0.3) is 0 Å². The maximum absolute atomic E-state index is 5.92. The SMILES string of the molecule is CC1CCCC(c2nc(N)cc(C3CC3)n2)C1. The summed E-state index contributed by atoms with van der Waals surface area (Å²) in [5.74, 6) is 3.69. The first-order valence-corrected chi connectivity index (χ1v) is 6.86. The molecule has 0 bridgehead atoms. The van der Waals surface area contributed by atoms with Crippen LogP contribution in [0.3, 0.4) is 0 Å². The quantitative estimate of drug-likeness (QED) is 0.850. The summed E-state index contributed by atoms with van der Waals surface area (Å²) in [6, 6.07) is 1.97. The largest absolute Gasteiger partial charge is 0.384 e. The van der Waals surface area contributed by atoms with Crippen LogP contribution < -0.4 is 5.73 Å². The van der Waals surface area contributed by atoms with Crippen LogP contribution in [0.4, 0.5) is 5.82 Å². The minimum absolute atomic E-state index is 0.541. The molecule has 1 heterocycles. The smallest absolute Gasteiger partial charge is 0.134 e. The molecule has 0 amide bonds. The number of anilines is 1. The van der Waals surface area contributed by atoms with Crippen molar-refractivity contribution in [2.75, 3.05) is 5.73 Å². The van der Waals surface area contributed by atoms with Gasteiger partial charge in [-0.1, -0.05) is 19.8 Å². The van der Waals surface area contributed by atoms with Crippen LogP contribution in [0.5, 0.6) is 0 Å². The van der Waals surface area contributed by atoms with Gasteiger partial charge in [0.1, 0.15) is 11.6 Å². The van der Waals surface area contributed by atoms with E-state index in [0.717, 1.165) is 11.7 Å². The van der Waals surface area contributed by atoms with Gasteiger partial charge in [0, 0.05) is 23.6 Å². The summed E-state index contributed by atoms with van der Waals surface area (Å²) in [5.41, 5.74) is 7.10. The molecule has 3 heteroatoms. The molecule has 0 radical (unpaired) electrons. The highest BCUT2D eigenvalue weighted by Gasteiger charge is 2.28. The molecule has 17 heavy (non-hydrogen) atoms. The number of hydrogen-bond donors (Lipinski definition) is 1. The Kier molecular flexibility index (Phi) is 2.77. The molecular formula is C14H21N3. The molecule has 3 rings (SSSR count). The van der Waals surface area contributed by atoms with Gasteiger partial charge in [-0.15, -0.1) is 0 Å². The van der Waals surface area contributed by atoms with Crippen molar-refractivity contribution in [3.63, 3.8) is 0 Å². The number of rotatable bonds is 2. The van der Waals surface area contributed by atoms with Gasteiger partial charge in [-0.2, -0.15) is 0 Å². The van der Waals surface area contributed by atoms with Gasteiger partial charge in [0.2, 0.25) is 0 Å². The topological polar surface area (TPSA) is 51.8 Å². The van der Waals surface area contributed by atoms with Gasteiger partial charge < -0.3 is 5.73 Å². The minimum Gasteiger partial charge on any atom is -0.384 e. The molecule has 0 spiro atoms. The van der Waals surface area contributed by atoms with Crippen LogP contribution in [0.15, 0.2) is 6.07 Å². The third kappa shape index (κ3) is 2.43. The van der Waals surface area contributed by atoms with Crippen LogP contribution in [0.1, 0.15) is 68.8 Å². The lowest BCUT2D eigenvalue weighted by molar-refractivity contribution is 0.335. The van der Waals surface area contributed by atoms with E-state index in [-0.39, 0.29) is 0 Å². The zero-order valence-electron chi connectivity index (χ0n) is 10.5. The van der Waals surface area contributed by atoms with E-state index in [9.17, 15) is 0 Å². The lowest BCUT2D eigenvalue weighted by Crippen LogP contribution is -2.15. The van der Waals surface area contributed by atoms with E-state index < -0.39 is 0 Å². The predicted molar refractivity (Wildman–Crippen MR) is 68.8 cm³/mol. The molecule has 2 fully saturated rings. The van der Waals surface area contributed by atoms with Crippen molar-refractivity contribution in [3.05, 3.63) is 17.6 Å². The summed E-state index contributed by atoms with van der Waals surface area (Å²) in [4.78, 5) is 9.23. The standard InChI is InChI=1S/C14H21N3/c1-9-3-2-4-11(7-9)14-16-12(10-5-6-10)8-13(15)17-14/h8-11H,2-7H2,1H3,(H2,15,16,17). The zero-order chi connectivity index (χ0) is 11.8. The van der Waals surface area contributed by atoms with Crippen LogP contribution >= 0.6 is 0 Å². The van der Waals surface area contributed by atoms with Crippen LogP contribution in [-0.4, -0.2) is 9.97 Å². The average Bonchev–Trinajstić information content (AvgIpc) is 3.12. The summed E-state index contributed by atoms with van der Waals surface area (Å²) in [5, 5.41) is 0. The number of nitrogens with zero attached hydrogens (tertiary/aromatic N) is 2. The Hall–Kier alpha value is -1.12. The highest BCUT2D eigenvalue weighted by atomic mass is 15.0. The lowest BCUT2D eigenvalue weighted by Gasteiger charge is -2.25. The molecule has 2 N–H and O–H groups in total.